The molecular weight excluding hydrogens is 400 g/mol. The molecule has 3 amide bonds. The standard InChI is InChI=1S/C22H26N4O3S/c1-15-4-6-16(7-5-15)12-26-14-18(11-19(26)27)21(29)25-9-2-3-17(13-25)20(28)24-22-23-8-10-30-22/h4-8,10,17-18H,2-3,9,11-14H2,1H3,(H,23,24,28). The maximum Gasteiger partial charge on any atom is 0.231 e. The van der Waals surface area contributed by atoms with Gasteiger partial charge in [-0.1, -0.05) is 29.8 Å². The molecule has 8 heteroatoms. The van der Waals surface area contributed by atoms with Crippen molar-refractivity contribution in [2.24, 2.45) is 11.8 Å². The monoisotopic (exact) mass is 426 g/mol. The summed E-state index contributed by atoms with van der Waals surface area (Å²) in [5.74, 6) is -0.660. The predicted octanol–water partition coefficient (Wildman–Crippen LogP) is 2.68. The third kappa shape index (κ3) is 4.70. The fraction of sp³-hybridized carbons (Fsp3) is 0.455. The molecule has 2 saturated heterocycles. The van der Waals surface area contributed by atoms with Crippen LogP contribution < -0.4 is 5.32 Å². The van der Waals surface area contributed by atoms with E-state index < -0.39 is 0 Å². The molecule has 0 spiro atoms. The second-order valence-electron chi connectivity index (χ2n) is 8.11. The molecule has 7 nitrogen and oxygen atoms in total. The Labute approximate surface area is 180 Å². The highest BCUT2D eigenvalue weighted by molar-refractivity contribution is 7.13. The first kappa shape index (κ1) is 20.5. The Morgan fingerprint density at radius 3 is 2.73 bits per heavy atom. The molecule has 0 aliphatic carbocycles. The molecular formula is C22H26N4O3S. The Kier molecular flexibility index (Phi) is 6.13. The number of likely N-dealkylation sites (tertiary alicyclic amines) is 2. The van der Waals surface area contributed by atoms with Crippen LogP contribution in [-0.4, -0.2) is 52.1 Å². The average molecular weight is 427 g/mol. The molecule has 2 fully saturated rings. The zero-order valence-corrected chi connectivity index (χ0v) is 17.9. The summed E-state index contributed by atoms with van der Waals surface area (Å²) in [5, 5.41) is 5.23. The predicted molar refractivity (Wildman–Crippen MR) is 115 cm³/mol. The third-order valence-electron chi connectivity index (χ3n) is 5.82. The van der Waals surface area contributed by atoms with Gasteiger partial charge in [-0.15, -0.1) is 11.3 Å². The number of nitrogens with one attached hydrogen (secondary N) is 1. The fourth-order valence-electron chi connectivity index (χ4n) is 4.15. The summed E-state index contributed by atoms with van der Waals surface area (Å²) in [6, 6.07) is 8.11. The van der Waals surface area contributed by atoms with Crippen molar-refractivity contribution in [2.45, 2.75) is 32.7 Å². The van der Waals surface area contributed by atoms with Crippen molar-refractivity contribution in [1.82, 2.24) is 14.8 Å². The van der Waals surface area contributed by atoms with Crippen LogP contribution in [0.4, 0.5) is 5.13 Å². The van der Waals surface area contributed by atoms with Crippen LogP contribution in [0.3, 0.4) is 0 Å². The molecule has 0 radical (unpaired) electrons. The summed E-state index contributed by atoms with van der Waals surface area (Å²) in [4.78, 5) is 45.7. The van der Waals surface area contributed by atoms with Crippen molar-refractivity contribution in [2.75, 3.05) is 25.0 Å². The summed E-state index contributed by atoms with van der Waals surface area (Å²) in [6.07, 6.45) is 3.44. The Hall–Kier alpha value is -2.74. The molecule has 3 heterocycles. The average Bonchev–Trinajstić information content (AvgIpc) is 3.39. The Morgan fingerprint density at radius 2 is 2.00 bits per heavy atom. The molecule has 4 rings (SSSR count). The molecule has 30 heavy (non-hydrogen) atoms. The van der Waals surface area contributed by atoms with Gasteiger partial charge in [-0.3, -0.25) is 14.4 Å². The van der Waals surface area contributed by atoms with Crippen LogP contribution in [-0.2, 0) is 20.9 Å². The zero-order valence-electron chi connectivity index (χ0n) is 17.0. The van der Waals surface area contributed by atoms with Gasteiger partial charge in [-0.25, -0.2) is 4.98 Å². The second-order valence-corrected chi connectivity index (χ2v) is 9.01. The SMILES string of the molecule is Cc1ccc(CN2CC(C(=O)N3CCCC(C(=O)Nc4nccs4)C3)CC2=O)cc1. The van der Waals surface area contributed by atoms with Crippen LogP contribution >= 0.6 is 11.3 Å². The lowest BCUT2D eigenvalue weighted by atomic mass is 9.95. The van der Waals surface area contributed by atoms with Gasteiger partial charge in [0.15, 0.2) is 5.13 Å². The lowest BCUT2D eigenvalue weighted by Gasteiger charge is -2.33. The molecule has 2 unspecified atom stereocenters. The first-order chi connectivity index (χ1) is 14.5. The Bertz CT molecular complexity index is 913. The van der Waals surface area contributed by atoms with Crippen molar-refractivity contribution in [3.63, 3.8) is 0 Å². The molecule has 2 aliphatic heterocycles. The van der Waals surface area contributed by atoms with Gasteiger partial charge in [-0.05, 0) is 25.3 Å². The van der Waals surface area contributed by atoms with Gasteiger partial charge in [0, 0.05) is 44.2 Å². The fourth-order valence-corrected chi connectivity index (χ4v) is 4.68. The van der Waals surface area contributed by atoms with Gasteiger partial charge < -0.3 is 15.1 Å². The number of amides is 3. The lowest BCUT2D eigenvalue weighted by molar-refractivity contribution is -0.138. The van der Waals surface area contributed by atoms with E-state index in [-0.39, 0.29) is 36.0 Å². The quantitative estimate of drug-likeness (QED) is 0.797. The van der Waals surface area contributed by atoms with E-state index >= 15 is 0 Å². The van der Waals surface area contributed by atoms with E-state index in [1.165, 1.54) is 16.9 Å². The van der Waals surface area contributed by atoms with Crippen LogP contribution in [0.15, 0.2) is 35.8 Å². The first-order valence-electron chi connectivity index (χ1n) is 10.3. The van der Waals surface area contributed by atoms with Crippen molar-refractivity contribution in [1.29, 1.82) is 0 Å². The van der Waals surface area contributed by atoms with Crippen molar-refractivity contribution in [3.05, 3.63) is 47.0 Å². The third-order valence-corrected chi connectivity index (χ3v) is 6.51. The number of rotatable bonds is 5. The van der Waals surface area contributed by atoms with Gasteiger partial charge >= 0.3 is 0 Å². The Balaban J connectivity index is 1.33. The highest BCUT2D eigenvalue weighted by atomic mass is 32.1. The van der Waals surface area contributed by atoms with Gasteiger partial charge in [-0.2, -0.15) is 0 Å². The van der Waals surface area contributed by atoms with E-state index in [1.54, 1.807) is 16.0 Å². The largest absolute Gasteiger partial charge is 0.342 e. The van der Waals surface area contributed by atoms with E-state index in [0.29, 0.717) is 31.3 Å². The molecule has 1 aromatic carbocycles. The maximum absolute atomic E-state index is 13.1. The van der Waals surface area contributed by atoms with Gasteiger partial charge in [0.1, 0.15) is 0 Å². The minimum Gasteiger partial charge on any atom is -0.342 e. The number of hydrogen-bond acceptors (Lipinski definition) is 5. The number of carbonyl (C=O) groups is 3. The molecule has 0 saturated carbocycles. The number of thiazole rings is 1. The number of hydrogen-bond donors (Lipinski definition) is 1. The van der Waals surface area contributed by atoms with Crippen LogP contribution in [0.2, 0.25) is 0 Å². The normalized spacial score (nSPS) is 21.7. The summed E-state index contributed by atoms with van der Waals surface area (Å²) in [6.45, 7) is 4.05. The number of benzene rings is 1. The minimum atomic E-state index is -0.330. The first-order valence-corrected chi connectivity index (χ1v) is 11.2. The topological polar surface area (TPSA) is 82.6 Å². The van der Waals surface area contributed by atoms with Crippen molar-refractivity contribution < 1.29 is 14.4 Å². The molecule has 158 valence electrons. The van der Waals surface area contributed by atoms with E-state index in [9.17, 15) is 14.4 Å². The van der Waals surface area contributed by atoms with E-state index in [4.69, 9.17) is 0 Å². The highest BCUT2D eigenvalue weighted by Gasteiger charge is 2.38. The second kappa shape index (κ2) is 8.95. The van der Waals surface area contributed by atoms with Crippen molar-refractivity contribution in [3.8, 4) is 0 Å². The number of piperidine rings is 1. The molecule has 0 bridgehead atoms. The van der Waals surface area contributed by atoms with Gasteiger partial charge in [0.05, 0.1) is 11.8 Å². The summed E-state index contributed by atoms with van der Waals surface area (Å²) in [7, 11) is 0. The van der Waals surface area contributed by atoms with E-state index in [0.717, 1.165) is 18.4 Å². The molecule has 1 N–H and O–H groups in total. The number of aromatic nitrogens is 1. The van der Waals surface area contributed by atoms with Crippen LogP contribution in [0.5, 0.6) is 0 Å². The van der Waals surface area contributed by atoms with Gasteiger partial charge in [0.25, 0.3) is 0 Å². The van der Waals surface area contributed by atoms with E-state index in [2.05, 4.69) is 10.3 Å². The number of aryl methyl sites for hydroxylation is 1. The number of carbonyl (C=O) groups excluding carboxylic acids is 3. The Morgan fingerprint density at radius 1 is 1.20 bits per heavy atom. The molecule has 2 atom stereocenters. The van der Waals surface area contributed by atoms with Crippen LogP contribution in [0, 0.1) is 18.8 Å². The van der Waals surface area contributed by atoms with Crippen LogP contribution in [0.1, 0.15) is 30.4 Å². The minimum absolute atomic E-state index is 0.0125. The summed E-state index contributed by atoms with van der Waals surface area (Å²) in [5.41, 5.74) is 2.25. The molecule has 2 aliphatic rings. The number of anilines is 1. The van der Waals surface area contributed by atoms with Crippen molar-refractivity contribution >= 4 is 34.2 Å². The maximum atomic E-state index is 13.1. The lowest BCUT2D eigenvalue weighted by Crippen LogP contribution is -2.46. The summed E-state index contributed by atoms with van der Waals surface area (Å²) >= 11 is 1.38. The smallest absolute Gasteiger partial charge is 0.231 e. The van der Waals surface area contributed by atoms with E-state index in [1.807, 2.05) is 36.6 Å². The molecule has 1 aromatic heterocycles. The van der Waals surface area contributed by atoms with Gasteiger partial charge in [0.2, 0.25) is 17.7 Å². The number of nitrogens with zero attached hydrogens (tertiary/aromatic N) is 3. The van der Waals surface area contributed by atoms with Crippen LogP contribution in [0.25, 0.3) is 0 Å². The highest BCUT2D eigenvalue weighted by Crippen LogP contribution is 2.26. The summed E-state index contributed by atoms with van der Waals surface area (Å²) < 4.78 is 0. The molecule has 2 aromatic rings. The zero-order chi connectivity index (χ0) is 21.1.